The Balaban J connectivity index is 1.89. The first-order chi connectivity index (χ1) is 21.7. The van der Waals surface area contributed by atoms with Gasteiger partial charge in [-0.25, -0.2) is 4.98 Å². The average molecular weight is 626 g/mol. The van der Waals surface area contributed by atoms with E-state index in [2.05, 4.69) is 29.9 Å². The zero-order valence-electron chi connectivity index (χ0n) is 27.7. The van der Waals surface area contributed by atoms with Gasteiger partial charge in [0.1, 0.15) is 0 Å². The number of nitrogens with one attached hydrogen (secondary N) is 2. The molecule has 5 rings (SSSR count). The molecule has 0 saturated carbocycles. The number of aromatic nitrogens is 4. The molecule has 2 aliphatic heterocycles. The number of nitrogens with zero attached hydrogens (tertiary/aromatic N) is 3. The summed E-state index contributed by atoms with van der Waals surface area (Å²) >= 11 is 0. The molecule has 0 unspecified atom stereocenters. The Morgan fingerprint density at radius 3 is 2.20 bits per heavy atom. The Kier molecular flexibility index (Phi) is 8.93. The molecule has 0 saturated heterocycles. The minimum atomic E-state index is -0.889. The number of carbonyl (C=O) groups is 3. The van der Waals surface area contributed by atoms with Gasteiger partial charge in [0.05, 0.1) is 11.4 Å². The first-order valence-electron chi connectivity index (χ1n) is 15.8. The maximum atomic E-state index is 13.2. The van der Waals surface area contributed by atoms with Crippen molar-refractivity contribution in [2.45, 2.75) is 84.5 Å². The van der Waals surface area contributed by atoms with E-state index in [1.54, 1.807) is 19.0 Å². The van der Waals surface area contributed by atoms with E-state index in [0.29, 0.717) is 25.0 Å². The number of allylic oxidation sites excluding steroid dienone is 2. The van der Waals surface area contributed by atoms with Crippen LogP contribution in [0.5, 0.6) is 0 Å². The fourth-order valence-electron chi connectivity index (χ4n) is 6.86. The summed E-state index contributed by atoms with van der Waals surface area (Å²) in [5.41, 5.74) is 10.4. The van der Waals surface area contributed by atoms with Gasteiger partial charge in [0.25, 0.3) is 0 Å². The van der Waals surface area contributed by atoms with Crippen LogP contribution in [0.1, 0.15) is 98.3 Å². The second-order valence-electron chi connectivity index (χ2n) is 13.0. The lowest BCUT2D eigenvalue weighted by Gasteiger charge is -2.31. The molecule has 0 aliphatic carbocycles. The number of aryl methyl sites for hydroxylation is 3. The molecular weight excluding hydrogens is 582 g/mol. The standard InChI is InChI=1S/C36H43N5O5/c1-8-25-31-16-28-21(4)24(10-12-35(45)46)30(39-28)17-29-23(9-11-34(43)44)20(3)27(38-29)15-26-19(2)13-22(37-26)14-32(40-31)36(25,5)18-33(42)41(6)7/h13-17,25,37,39H,8-12,18H2,1-7H3,(H,43,44)(H,45,46)/t25-,36+/m1/s1. The SMILES string of the molecule is CC[C@@H]1c2cc3[nH]c(cc4nc(cc5[nH]c(cc(n2)[C@@]1(C)CC(=O)N(C)C)cc5C)C(C)=C4CCC(=O)O)c(CCC(=O)O)c3C. The third-order valence-electron chi connectivity index (χ3n) is 9.62. The molecule has 0 aromatic carbocycles. The van der Waals surface area contributed by atoms with Crippen LogP contribution in [0, 0.1) is 13.8 Å². The van der Waals surface area contributed by atoms with Gasteiger partial charge in [-0.3, -0.25) is 19.4 Å². The summed E-state index contributed by atoms with van der Waals surface area (Å²) in [6.07, 6.45) is 1.62. The van der Waals surface area contributed by atoms with Crippen molar-refractivity contribution in [3.63, 3.8) is 0 Å². The second-order valence-corrected chi connectivity index (χ2v) is 13.0. The van der Waals surface area contributed by atoms with E-state index in [1.165, 1.54) is 0 Å². The number of rotatable bonds is 9. The molecule has 0 fully saturated rings. The monoisotopic (exact) mass is 625 g/mol. The number of hydrogen-bond acceptors (Lipinski definition) is 5. The number of hydrogen-bond donors (Lipinski definition) is 4. The molecule has 10 heteroatoms. The number of H-pyrrole nitrogens is 2. The highest BCUT2D eigenvalue weighted by Gasteiger charge is 2.44. The lowest BCUT2D eigenvalue weighted by Crippen LogP contribution is -2.34. The number of aliphatic carboxylic acids is 2. The molecular formula is C36H43N5O5. The zero-order valence-corrected chi connectivity index (χ0v) is 27.7. The highest BCUT2D eigenvalue weighted by Crippen LogP contribution is 2.47. The van der Waals surface area contributed by atoms with Crippen molar-refractivity contribution in [2.75, 3.05) is 14.1 Å². The molecule has 3 aromatic heterocycles. The number of amides is 1. The van der Waals surface area contributed by atoms with E-state index < -0.39 is 17.4 Å². The molecule has 3 aromatic rings. The van der Waals surface area contributed by atoms with Crippen LogP contribution in [-0.4, -0.2) is 67.0 Å². The fraction of sp³-hybridized carbons (Fsp3) is 0.417. The summed E-state index contributed by atoms with van der Waals surface area (Å²) in [6, 6.07) is 10.0. The number of carbonyl (C=O) groups excluding carboxylic acids is 1. The Labute approximate surface area is 268 Å². The molecule has 2 aliphatic rings. The van der Waals surface area contributed by atoms with Gasteiger partial charge in [0, 0.05) is 78.1 Å². The quantitative estimate of drug-likeness (QED) is 0.207. The number of carboxylic acids is 2. The van der Waals surface area contributed by atoms with Crippen LogP contribution in [0.15, 0.2) is 30.3 Å². The third-order valence-corrected chi connectivity index (χ3v) is 9.62. The Hall–Kier alpha value is -4.73. The van der Waals surface area contributed by atoms with E-state index in [1.807, 2.05) is 45.0 Å². The summed E-state index contributed by atoms with van der Waals surface area (Å²) in [5, 5.41) is 19.0. The average Bonchev–Trinajstić information content (AvgIpc) is 3.64. The van der Waals surface area contributed by atoms with Crippen molar-refractivity contribution < 1.29 is 24.6 Å². The molecule has 2 atom stereocenters. The van der Waals surface area contributed by atoms with Gasteiger partial charge in [-0.15, -0.1) is 0 Å². The predicted octanol–water partition coefficient (Wildman–Crippen LogP) is 6.67. The van der Waals surface area contributed by atoms with Crippen LogP contribution in [0.3, 0.4) is 0 Å². The maximum absolute atomic E-state index is 13.2. The number of aromatic amines is 2. The largest absolute Gasteiger partial charge is 0.481 e. The van der Waals surface area contributed by atoms with Gasteiger partial charge < -0.3 is 25.1 Å². The molecule has 5 heterocycles. The Morgan fingerprint density at radius 1 is 0.870 bits per heavy atom. The molecule has 10 nitrogen and oxygen atoms in total. The summed E-state index contributed by atoms with van der Waals surface area (Å²) in [5.74, 6) is -1.78. The lowest BCUT2D eigenvalue weighted by molar-refractivity contribution is -0.137. The second kappa shape index (κ2) is 12.6. The van der Waals surface area contributed by atoms with E-state index in [0.717, 1.165) is 73.4 Å². The maximum Gasteiger partial charge on any atom is 0.303 e. The lowest BCUT2D eigenvalue weighted by atomic mass is 9.71. The number of fused-ring (bicyclic) bond motifs is 8. The Bertz CT molecular complexity index is 1930. The van der Waals surface area contributed by atoms with Crippen molar-refractivity contribution in [2.24, 2.45) is 0 Å². The molecule has 0 spiro atoms. The van der Waals surface area contributed by atoms with Crippen molar-refractivity contribution in [3.8, 4) is 0 Å². The predicted molar refractivity (Wildman–Crippen MR) is 179 cm³/mol. The Morgan fingerprint density at radius 2 is 1.54 bits per heavy atom. The molecule has 46 heavy (non-hydrogen) atoms. The van der Waals surface area contributed by atoms with Crippen molar-refractivity contribution in [3.05, 3.63) is 69.8 Å². The molecule has 8 bridgehead atoms. The van der Waals surface area contributed by atoms with Gasteiger partial charge in [-0.2, -0.15) is 0 Å². The van der Waals surface area contributed by atoms with Gasteiger partial charge in [-0.05, 0) is 98.2 Å². The summed E-state index contributed by atoms with van der Waals surface area (Å²) in [6.45, 7) is 10.2. The van der Waals surface area contributed by atoms with Crippen LogP contribution in [0.25, 0.3) is 33.2 Å². The van der Waals surface area contributed by atoms with Crippen LogP contribution < -0.4 is 0 Å². The van der Waals surface area contributed by atoms with Crippen LogP contribution in [0.4, 0.5) is 0 Å². The van der Waals surface area contributed by atoms with Gasteiger partial charge in [-0.1, -0.05) is 13.8 Å². The van der Waals surface area contributed by atoms with Gasteiger partial charge in [0.15, 0.2) is 0 Å². The zero-order chi connectivity index (χ0) is 33.5. The van der Waals surface area contributed by atoms with Crippen molar-refractivity contribution in [1.82, 2.24) is 24.8 Å². The molecule has 242 valence electrons. The van der Waals surface area contributed by atoms with Crippen molar-refractivity contribution >= 4 is 51.1 Å². The van der Waals surface area contributed by atoms with Crippen LogP contribution >= 0.6 is 0 Å². The summed E-state index contributed by atoms with van der Waals surface area (Å²) < 4.78 is 0. The first-order valence-corrected chi connectivity index (χ1v) is 15.8. The highest BCUT2D eigenvalue weighted by molar-refractivity contribution is 5.93. The smallest absolute Gasteiger partial charge is 0.303 e. The summed E-state index contributed by atoms with van der Waals surface area (Å²) in [4.78, 5) is 55.2. The number of carboxylic acid groups (broad SMARTS) is 2. The van der Waals surface area contributed by atoms with Gasteiger partial charge in [0.2, 0.25) is 5.91 Å². The van der Waals surface area contributed by atoms with Gasteiger partial charge >= 0.3 is 11.9 Å². The van der Waals surface area contributed by atoms with Crippen molar-refractivity contribution in [1.29, 1.82) is 0 Å². The van der Waals surface area contributed by atoms with E-state index in [4.69, 9.17) is 9.97 Å². The highest BCUT2D eigenvalue weighted by atomic mass is 16.4. The topological polar surface area (TPSA) is 152 Å². The van der Waals surface area contributed by atoms with E-state index in [9.17, 15) is 24.6 Å². The van der Waals surface area contributed by atoms with E-state index in [-0.39, 0.29) is 24.7 Å². The summed E-state index contributed by atoms with van der Waals surface area (Å²) in [7, 11) is 3.54. The van der Waals surface area contributed by atoms with Crippen LogP contribution in [0.2, 0.25) is 0 Å². The first kappa shape index (κ1) is 32.7. The molecule has 0 radical (unpaired) electrons. The van der Waals surface area contributed by atoms with E-state index >= 15 is 0 Å². The van der Waals surface area contributed by atoms with Crippen LogP contribution in [-0.2, 0) is 26.2 Å². The minimum absolute atomic E-state index is 0.0294. The molecule has 1 amide bonds. The molecule has 4 N–H and O–H groups in total. The normalized spacial score (nSPS) is 17.8. The minimum Gasteiger partial charge on any atom is -0.481 e. The fourth-order valence-corrected chi connectivity index (χ4v) is 6.86. The third kappa shape index (κ3) is 6.21.